The van der Waals surface area contributed by atoms with Crippen molar-refractivity contribution in [3.63, 3.8) is 0 Å². The molecule has 0 bridgehead atoms. The summed E-state index contributed by atoms with van der Waals surface area (Å²) in [6.07, 6.45) is 2.29. The van der Waals surface area contributed by atoms with Gasteiger partial charge in [-0.3, -0.25) is 4.79 Å². The van der Waals surface area contributed by atoms with Gasteiger partial charge in [0.2, 0.25) is 0 Å². The van der Waals surface area contributed by atoms with Crippen LogP contribution in [0.3, 0.4) is 0 Å². The maximum absolute atomic E-state index is 12.0. The number of carbonyl (C=O) groups excluding carboxylic acids is 2. The molecule has 0 unspecified atom stereocenters. The van der Waals surface area contributed by atoms with Crippen molar-refractivity contribution in [1.82, 2.24) is 5.32 Å². The summed E-state index contributed by atoms with van der Waals surface area (Å²) in [7, 11) is 0. The van der Waals surface area contributed by atoms with Crippen LogP contribution in [0.4, 0.5) is 16.2 Å². The Labute approximate surface area is 130 Å². The Hall–Kier alpha value is -2.08. The highest BCUT2D eigenvalue weighted by Crippen LogP contribution is 2.19. The molecule has 3 amide bonds. The molecule has 0 radical (unpaired) electrons. The van der Waals surface area contributed by atoms with E-state index in [0.29, 0.717) is 30.4 Å². The summed E-state index contributed by atoms with van der Waals surface area (Å²) >= 11 is 0. The fourth-order valence-electron chi connectivity index (χ4n) is 2.02. The Morgan fingerprint density at radius 1 is 1.14 bits per heavy atom. The number of urea groups is 1. The van der Waals surface area contributed by atoms with E-state index in [4.69, 9.17) is 4.74 Å². The van der Waals surface area contributed by atoms with Crippen LogP contribution in [0.1, 0.15) is 33.1 Å². The van der Waals surface area contributed by atoms with Crippen LogP contribution in [-0.2, 0) is 9.53 Å². The molecule has 0 aromatic heterocycles. The van der Waals surface area contributed by atoms with E-state index in [1.165, 1.54) is 0 Å². The SMILES string of the molecule is CCO[C@@H](CC)C(=O)Nc1ccc(NC(=O)NC2CC2)cc1. The summed E-state index contributed by atoms with van der Waals surface area (Å²) < 4.78 is 5.37. The second kappa shape index (κ2) is 7.79. The first-order valence-electron chi connectivity index (χ1n) is 7.72. The molecule has 2 rings (SSSR count). The van der Waals surface area contributed by atoms with Gasteiger partial charge in [0.05, 0.1) is 0 Å². The minimum absolute atomic E-state index is 0.156. The van der Waals surface area contributed by atoms with Crippen LogP contribution in [0.25, 0.3) is 0 Å². The zero-order valence-electron chi connectivity index (χ0n) is 13.0. The molecular formula is C16H23N3O3. The molecule has 6 heteroatoms. The minimum Gasteiger partial charge on any atom is -0.369 e. The number of rotatable bonds is 7. The molecule has 0 aliphatic heterocycles. The monoisotopic (exact) mass is 305 g/mol. The molecule has 0 spiro atoms. The maximum Gasteiger partial charge on any atom is 0.319 e. The highest BCUT2D eigenvalue weighted by Gasteiger charge is 2.23. The fraction of sp³-hybridized carbons (Fsp3) is 0.500. The predicted molar refractivity (Wildman–Crippen MR) is 86.0 cm³/mol. The van der Waals surface area contributed by atoms with Crippen molar-refractivity contribution in [3.05, 3.63) is 24.3 Å². The molecule has 0 saturated heterocycles. The first kappa shape index (κ1) is 16.3. The van der Waals surface area contributed by atoms with Gasteiger partial charge in [-0.25, -0.2) is 4.79 Å². The average molecular weight is 305 g/mol. The Balaban J connectivity index is 1.85. The van der Waals surface area contributed by atoms with Gasteiger partial charge in [-0.1, -0.05) is 6.92 Å². The van der Waals surface area contributed by atoms with Crippen molar-refractivity contribution in [2.24, 2.45) is 0 Å². The lowest BCUT2D eigenvalue weighted by atomic mass is 10.2. The molecule has 1 aliphatic rings. The lowest BCUT2D eigenvalue weighted by Crippen LogP contribution is -2.30. The molecular weight excluding hydrogens is 282 g/mol. The molecule has 6 nitrogen and oxygen atoms in total. The van der Waals surface area contributed by atoms with Gasteiger partial charge in [0.1, 0.15) is 6.10 Å². The number of amides is 3. The van der Waals surface area contributed by atoms with Gasteiger partial charge in [-0.2, -0.15) is 0 Å². The van der Waals surface area contributed by atoms with Crippen molar-refractivity contribution >= 4 is 23.3 Å². The number of anilines is 2. The van der Waals surface area contributed by atoms with Crippen LogP contribution in [0, 0.1) is 0 Å². The number of carbonyl (C=O) groups is 2. The second-order valence-electron chi connectivity index (χ2n) is 5.29. The number of ether oxygens (including phenoxy) is 1. The van der Waals surface area contributed by atoms with E-state index >= 15 is 0 Å². The van der Waals surface area contributed by atoms with Crippen LogP contribution < -0.4 is 16.0 Å². The average Bonchev–Trinajstić information content (AvgIpc) is 3.30. The zero-order valence-corrected chi connectivity index (χ0v) is 13.0. The topological polar surface area (TPSA) is 79.5 Å². The Bertz CT molecular complexity index is 512. The fourth-order valence-corrected chi connectivity index (χ4v) is 2.02. The van der Waals surface area contributed by atoms with Crippen molar-refractivity contribution in [1.29, 1.82) is 0 Å². The predicted octanol–water partition coefficient (Wildman–Crippen LogP) is 2.72. The highest BCUT2D eigenvalue weighted by atomic mass is 16.5. The van der Waals surface area contributed by atoms with Crippen LogP contribution >= 0.6 is 0 Å². The molecule has 1 aromatic carbocycles. The van der Waals surface area contributed by atoms with E-state index in [2.05, 4.69) is 16.0 Å². The molecule has 1 fully saturated rings. The van der Waals surface area contributed by atoms with Crippen molar-refractivity contribution in [3.8, 4) is 0 Å². The van der Waals surface area contributed by atoms with Gasteiger partial charge in [0.15, 0.2) is 0 Å². The van der Waals surface area contributed by atoms with E-state index in [1.54, 1.807) is 24.3 Å². The van der Waals surface area contributed by atoms with E-state index in [-0.39, 0.29) is 11.9 Å². The van der Waals surface area contributed by atoms with E-state index in [1.807, 2.05) is 13.8 Å². The number of hydrogen-bond acceptors (Lipinski definition) is 3. The largest absolute Gasteiger partial charge is 0.369 e. The van der Waals surface area contributed by atoms with E-state index in [0.717, 1.165) is 12.8 Å². The molecule has 22 heavy (non-hydrogen) atoms. The number of nitrogens with one attached hydrogen (secondary N) is 3. The number of benzene rings is 1. The third kappa shape index (κ3) is 5.04. The normalized spacial score (nSPS) is 15.0. The maximum atomic E-state index is 12.0. The first-order valence-corrected chi connectivity index (χ1v) is 7.72. The van der Waals surface area contributed by atoms with Crippen LogP contribution in [0.2, 0.25) is 0 Å². The van der Waals surface area contributed by atoms with E-state index in [9.17, 15) is 9.59 Å². The smallest absolute Gasteiger partial charge is 0.319 e. The molecule has 1 atom stereocenters. The molecule has 120 valence electrons. The second-order valence-corrected chi connectivity index (χ2v) is 5.29. The summed E-state index contributed by atoms with van der Waals surface area (Å²) in [5.74, 6) is -0.156. The molecule has 1 saturated carbocycles. The van der Waals surface area contributed by atoms with Gasteiger partial charge in [-0.05, 0) is 50.5 Å². The Kier molecular flexibility index (Phi) is 5.77. The van der Waals surface area contributed by atoms with Gasteiger partial charge in [-0.15, -0.1) is 0 Å². The zero-order chi connectivity index (χ0) is 15.9. The van der Waals surface area contributed by atoms with Crippen molar-refractivity contribution in [2.45, 2.75) is 45.3 Å². The summed E-state index contributed by atoms with van der Waals surface area (Å²) in [5, 5.41) is 8.42. The van der Waals surface area contributed by atoms with Crippen molar-refractivity contribution < 1.29 is 14.3 Å². The summed E-state index contributed by atoms with van der Waals surface area (Å²) in [5.41, 5.74) is 1.37. The molecule has 3 N–H and O–H groups in total. The van der Waals surface area contributed by atoms with E-state index < -0.39 is 6.10 Å². The molecule has 0 heterocycles. The van der Waals surface area contributed by atoms with Crippen molar-refractivity contribution in [2.75, 3.05) is 17.2 Å². The molecule has 1 aromatic rings. The Morgan fingerprint density at radius 3 is 2.23 bits per heavy atom. The van der Waals surface area contributed by atoms with Gasteiger partial charge >= 0.3 is 6.03 Å². The highest BCUT2D eigenvalue weighted by molar-refractivity contribution is 5.95. The quantitative estimate of drug-likeness (QED) is 0.724. The van der Waals surface area contributed by atoms with Gasteiger partial charge in [0.25, 0.3) is 5.91 Å². The van der Waals surface area contributed by atoms with Crippen LogP contribution in [0.15, 0.2) is 24.3 Å². The molecule has 1 aliphatic carbocycles. The van der Waals surface area contributed by atoms with Gasteiger partial charge in [0, 0.05) is 24.0 Å². The lowest BCUT2D eigenvalue weighted by molar-refractivity contribution is -0.127. The summed E-state index contributed by atoms with van der Waals surface area (Å²) in [6.45, 7) is 4.28. The first-order chi connectivity index (χ1) is 10.6. The van der Waals surface area contributed by atoms with Crippen LogP contribution in [-0.4, -0.2) is 30.7 Å². The number of hydrogen-bond donors (Lipinski definition) is 3. The standard InChI is InChI=1S/C16H23N3O3/c1-3-14(22-4-2)15(20)17-11-5-7-12(8-6-11)18-16(21)19-13-9-10-13/h5-8,13-14H,3-4,9-10H2,1-2H3,(H,17,20)(H2,18,19,21)/t14-/m0/s1. The third-order valence-corrected chi connectivity index (χ3v) is 3.35. The van der Waals surface area contributed by atoms with Crippen LogP contribution in [0.5, 0.6) is 0 Å². The Morgan fingerprint density at radius 2 is 1.73 bits per heavy atom. The lowest BCUT2D eigenvalue weighted by Gasteiger charge is -2.15. The summed E-state index contributed by atoms with van der Waals surface area (Å²) in [6, 6.07) is 7.14. The third-order valence-electron chi connectivity index (χ3n) is 3.35. The summed E-state index contributed by atoms with van der Waals surface area (Å²) in [4.78, 5) is 23.6. The minimum atomic E-state index is -0.438. The van der Waals surface area contributed by atoms with Gasteiger partial charge < -0.3 is 20.7 Å².